The van der Waals surface area contributed by atoms with Crippen LogP contribution in [-0.2, 0) is 9.59 Å². The van der Waals surface area contributed by atoms with Crippen LogP contribution in [-0.4, -0.2) is 35.6 Å². The number of nitrogens with one attached hydrogen (secondary N) is 2. The summed E-state index contributed by atoms with van der Waals surface area (Å²) in [5, 5.41) is 15.3. The highest BCUT2D eigenvalue weighted by Gasteiger charge is 2.34. The Balaban J connectivity index is 1.68. The van der Waals surface area contributed by atoms with Crippen molar-refractivity contribution in [2.24, 2.45) is 11.8 Å². The Hall–Kier alpha value is -1.10. The number of amides is 1. The van der Waals surface area contributed by atoms with Gasteiger partial charge in [-0.15, -0.1) is 0 Å². The summed E-state index contributed by atoms with van der Waals surface area (Å²) in [6, 6.07) is 1.23. The highest BCUT2D eigenvalue weighted by Crippen LogP contribution is 2.32. The van der Waals surface area contributed by atoms with Crippen LogP contribution >= 0.6 is 0 Å². The average Bonchev–Trinajstić information content (AvgIpc) is 2.73. The zero-order valence-electron chi connectivity index (χ0n) is 12.2. The summed E-state index contributed by atoms with van der Waals surface area (Å²) in [6.45, 7) is 2.45. The smallest absolute Gasteiger partial charge is 0.303 e. The van der Waals surface area contributed by atoms with Crippen LogP contribution in [0.2, 0.25) is 0 Å². The number of hydrogen-bond donors (Lipinski definition) is 3. The van der Waals surface area contributed by atoms with E-state index >= 15 is 0 Å². The van der Waals surface area contributed by atoms with E-state index in [0.29, 0.717) is 31.0 Å². The van der Waals surface area contributed by atoms with Crippen LogP contribution in [0.25, 0.3) is 0 Å². The van der Waals surface area contributed by atoms with Gasteiger partial charge in [0.25, 0.3) is 0 Å². The zero-order chi connectivity index (χ0) is 14.5. The lowest BCUT2D eigenvalue weighted by molar-refractivity contribution is -0.138. The van der Waals surface area contributed by atoms with Crippen molar-refractivity contribution in [3.05, 3.63) is 0 Å². The van der Waals surface area contributed by atoms with Crippen LogP contribution in [0, 0.1) is 11.8 Å². The van der Waals surface area contributed by atoms with Crippen LogP contribution in [0.15, 0.2) is 0 Å². The predicted octanol–water partition coefficient (Wildman–Crippen LogP) is 1.52. The van der Waals surface area contributed by atoms with Crippen LogP contribution < -0.4 is 10.6 Å². The molecule has 5 heteroatoms. The maximum Gasteiger partial charge on any atom is 0.303 e. The third-order valence-corrected chi connectivity index (χ3v) is 4.67. The number of carbonyl (C=O) groups is 2. The second-order valence-corrected chi connectivity index (χ2v) is 6.36. The molecule has 0 aromatic heterocycles. The Morgan fingerprint density at radius 2 is 1.95 bits per heavy atom. The van der Waals surface area contributed by atoms with Gasteiger partial charge in [-0.3, -0.25) is 9.59 Å². The first kappa shape index (κ1) is 15.3. The predicted molar refractivity (Wildman–Crippen MR) is 76.3 cm³/mol. The second-order valence-electron chi connectivity index (χ2n) is 6.36. The Bertz CT molecular complexity index is 347. The van der Waals surface area contributed by atoms with E-state index in [1.807, 2.05) is 6.92 Å². The number of aliphatic carboxylic acids is 1. The first-order valence-electron chi connectivity index (χ1n) is 7.81. The molecule has 20 heavy (non-hydrogen) atoms. The zero-order valence-corrected chi connectivity index (χ0v) is 12.2. The van der Waals surface area contributed by atoms with E-state index in [2.05, 4.69) is 10.6 Å². The van der Waals surface area contributed by atoms with Crippen molar-refractivity contribution in [1.29, 1.82) is 0 Å². The molecule has 2 fully saturated rings. The number of piperidine rings is 1. The largest absolute Gasteiger partial charge is 0.481 e. The molecule has 2 heterocycles. The number of carboxylic acid groups (broad SMARTS) is 1. The van der Waals surface area contributed by atoms with Crippen LogP contribution in [0.3, 0.4) is 0 Å². The van der Waals surface area contributed by atoms with Gasteiger partial charge in [-0.1, -0.05) is 13.3 Å². The molecular formula is C15H26N2O3. The second kappa shape index (κ2) is 7.07. The Morgan fingerprint density at radius 1 is 1.30 bits per heavy atom. The van der Waals surface area contributed by atoms with Gasteiger partial charge in [-0.25, -0.2) is 0 Å². The summed E-state index contributed by atoms with van der Waals surface area (Å²) in [6.07, 6.45) is 6.22. The number of hydrogen-bond acceptors (Lipinski definition) is 3. The molecule has 2 bridgehead atoms. The molecule has 0 radical (unpaired) electrons. The van der Waals surface area contributed by atoms with Gasteiger partial charge < -0.3 is 15.7 Å². The van der Waals surface area contributed by atoms with Gasteiger partial charge in [-0.2, -0.15) is 0 Å². The molecule has 3 unspecified atom stereocenters. The van der Waals surface area contributed by atoms with E-state index in [1.165, 1.54) is 12.8 Å². The molecule has 0 saturated carbocycles. The lowest BCUT2D eigenvalue weighted by Gasteiger charge is -2.28. The van der Waals surface area contributed by atoms with Gasteiger partial charge in [0, 0.05) is 31.5 Å². The molecule has 3 N–H and O–H groups in total. The summed E-state index contributed by atoms with van der Waals surface area (Å²) in [5.74, 6) is -0.171. The fourth-order valence-electron chi connectivity index (χ4n) is 3.54. The summed E-state index contributed by atoms with van der Waals surface area (Å²) in [7, 11) is 0. The molecule has 1 amide bonds. The number of carboxylic acids is 1. The maximum atomic E-state index is 12.0. The van der Waals surface area contributed by atoms with Gasteiger partial charge in [0.1, 0.15) is 0 Å². The standard InChI is InChI=1S/C15H26N2O3/c1-2-10(8-15(19)20)9-16-14(18)7-11-5-12-3-4-13(6-11)17-12/h10-13,17H,2-9H2,1H3,(H,16,18)(H,19,20). The lowest BCUT2D eigenvalue weighted by atomic mass is 9.89. The third kappa shape index (κ3) is 4.47. The summed E-state index contributed by atoms with van der Waals surface area (Å²) >= 11 is 0. The minimum absolute atomic E-state index is 0.0423. The fraction of sp³-hybridized carbons (Fsp3) is 0.867. The molecule has 0 aliphatic carbocycles. The minimum Gasteiger partial charge on any atom is -0.481 e. The normalized spacial score (nSPS) is 29.9. The summed E-state index contributed by atoms with van der Waals surface area (Å²) < 4.78 is 0. The maximum absolute atomic E-state index is 12.0. The Labute approximate surface area is 120 Å². The molecule has 2 saturated heterocycles. The first-order chi connectivity index (χ1) is 9.56. The monoisotopic (exact) mass is 282 g/mol. The van der Waals surface area contributed by atoms with Crippen LogP contribution in [0.4, 0.5) is 0 Å². The SMILES string of the molecule is CCC(CNC(=O)CC1CC2CCC(C1)N2)CC(=O)O. The van der Waals surface area contributed by atoms with Crippen molar-refractivity contribution in [3.8, 4) is 0 Å². The molecule has 114 valence electrons. The highest BCUT2D eigenvalue weighted by molar-refractivity contribution is 5.76. The van der Waals surface area contributed by atoms with E-state index in [-0.39, 0.29) is 18.2 Å². The van der Waals surface area contributed by atoms with E-state index in [0.717, 1.165) is 19.3 Å². The van der Waals surface area contributed by atoms with Gasteiger partial charge in [0.15, 0.2) is 0 Å². The fourth-order valence-corrected chi connectivity index (χ4v) is 3.54. The number of carbonyl (C=O) groups excluding carboxylic acids is 1. The average molecular weight is 282 g/mol. The van der Waals surface area contributed by atoms with Gasteiger partial charge in [0.2, 0.25) is 5.91 Å². The molecular weight excluding hydrogens is 256 g/mol. The Morgan fingerprint density at radius 3 is 2.50 bits per heavy atom. The number of fused-ring (bicyclic) bond motifs is 2. The molecule has 0 aromatic carbocycles. The van der Waals surface area contributed by atoms with E-state index < -0.39 is 5.97 Å². The first-order valence-corrected chi connectivity index (χ1v) is 7.81. The molecule has 2 aliphatic heterocycles. The van der Waals surface area contributed by atoms with E-state index in [9.17, 15) is 9.59 Å². The van der Waals surface area contributed by atoms with E-state index in [1.54, 1.807) is 0 Å². The topological polar surface area (TPSA) is 78.4 Å². The van der Waals surface area contributed by atoms with Crippen molar-refractivity contribution in [2.45, 2.75) is 64.0 Å². The minimum atomic E-state index is -0.791. The van der Waals surface area contributed by atoms with Gasteiger partial charge in [-0.05, 0) is 37.5 Å². The molecule has 2 rings (SSSR count). The summed E-state index contributed by atoms with van der Waals surface area (Å²) in [4.78, 5) is 22.7. The number of rotatable bonds is 7. The lowest BCUT2D eigenvalue weighted by Crippen LogP contribution is -2.40. The molecule has 3 atom stereocenters. The van der Waals surface area contributed by atoms with Gasteiger partial charge >= 0.3 is 5.97 Å². The van der Waals surface area contributed by atoms with Crippen molar-refractivity contribution in [2.75, 3.05) is 6.54 Å². The molecule has 0 spiro atoms. The highest BCUT2D eigenvalue weighted by atomic mass is 16.4. The Kier molecular flexibility index (Phi) is 5.40. The molecule has 2 aliphatic rings. The van der Waals surface area contributed by atoms with Crippen LogP contribution in [0.5, 0.6) is 0 Å². The van der Waals surface area contributed by atoms with Crippen molar-refractivity contribution >= 4 is 11.9 Å². The van der Waals surface area contributed by atoms with Crippen molar-refractivity contribution in [3.63, 3.8) is 0 Å². The molecule has 5 nitrogen and oxygen atoms in total. The quantitative estimate of drug-likeness (QED) is 0.661. The van der Waals surface area contributed by atoms with Crippen LogP contribution in [0.1, 0.15) is 51.9 Å². The van der Waals surface area contributed by atoms with Gasteiger partial charge in [0.05, 0.1) is 0 Å². The van der Waals surface area contributed by atoms with Crippen molar-refractivity contribution in [1.82, 2.24) is 10.6 Å². The molecule has 0 aromatic rings. The van der Waals surface area contributed by atoms with E-state index in [4.69, 9.17) is 5.11 Å². The summed E-state index contributed by atoms with van der Waals surface area (Å²) in [5.41, 5.74) is 0. The third-order valence-electron chi connectivity index (χ3n) is 4.67. The van der Waals surface area contributed by atoms with Crippen molar-refractivity contribution < 1.29 is 14.7 Å².